The van der Waals surface area contributed by atoms with Gasteiger partial charge < -0.3 is 14.2 Å². The number of non-ortho nitro benzene ring substituents is 1. The summed E-state index contributed by atoms with van der Waals surface area (Å²) in [6.45, 7) is -0.187. The summed E-state index contributed by atoms with van der Waals surface area (Å²) in [6, 6.07) is 10.3. The predicted molar refractivity (Wildman–Crippen MR) is 82.5 cm³/mol. The molecule has 0 radical (unpaired) electrons. The molecule has 0 aromatic heterocycles. The van der Waals surface area contributed by atoms with Gasteiger partial charge >= 0.3 is 0 Å². The summed E-state index contributed by atoms with van der Waals surface area (Å²) in [7, 11) is 3.00. The van der Waals surface area contributed by atoms with Crippen molar-refractivity contribution in [2.24, 2.45) is 0 Å². The quantitative estimate of drug-likeness (QED) is 0.443. The smallest absolute Gasteiger partial charge is 0.269 e. The van der Waals surface area contributed by atoms with Crippen molar-refractivity contribution in [3.63, 3.8) is 0 Å². The largest absolute Gasteiger partial charge is 0.493 e. The van der Waals surface area contributed by atoms with E-state index in [1.54, 1.807) is 18.2 Å². The van der Waals surface area contributed by atoms with Crippen molar-refractivity contribution >= 4 is 11.5 Å². The van der Waals surface area contributed by atoms with E-state index < -0.39 is 4.92 Å². The Morgan fingerprint density at radius 3 is 2.26 bits per heavy atom. The van der Waals surface area contributed by atoms with Crippen LogP contribution in [0.3, 0.4) is 0 Å². The molecule has 7 nitrogen and oxygen atoms in total. The Morgan fingerprint density at radius 2 is 1.70 bits per heavy atom. The van der Waals surface area contributed by atoms with Crippen molar-refractivity contribution in [1.29, 1.82) is 0 Å². The Balaban J connectivity index is 2.03. The van der Waals surface area contributed by atoms with Crippen LogP contribution in [-0.4, -0.2) is 31.5 Å². The molecule has 0 unspecified atom stereocenters. The van der Waals surface area contributed by atoms with E-state index in [2.05, 4.69) is 0 Å². The van der Waals surface area contributed by atoms with Crippen LogP contribution in [0.2, 0.25) is 0 Å². The number of nitro benzene ring substituents is 1. The molecule has 0 N–H and O–H groups in total. The normalized spacial score (nSPS) is 10.0. The SMILES string of the molecule is COc1ccc(C(=O)COc2ccc([N+](=O)[O-])cc2)cc1OC. The first-order valence-corrected chi connectivity index (χ1v) is 6.67. The number of hydrogen-bond acceptors (Lipinski definition) is 6. The van der Waals surface area contributed by atoms with Crippen molar-refractivity contribution in [2.45, 2.75) is 0 Å². The van der Waals surface area contributed by atoms with Crippen molar-refractivity contribution < 1.29 is 23.9 Å². The second kappa shape index (κ2) is 7.26. The second-order valence-electron chi connectivity index (χ2n) is 4.53. The molecule has 23 heavy (non-hydrogen) atoms. The van der Waals surface area contributed by atoms with Gasteiger partial charge in [-0.3, -0.25) is 14.9 Å². The van der Waals surface area contributed by atoms with Crippen LogP contribution in [0.4, 0.5) is 5.69 Å². The highest BCUT2D eigenvalue weighted by atomic mass is 16.6. The van der Waals surface area contributed by atoms with Crippen molar-refractivity contribution in [3.8, 4) is 17.2 Å². The number of benzene rings is 2. The van der Waals surface area contributed by atoms with E-state index >= 15 is 0 Å². The highest BCUT2D eigenvalue weighted by Crippen LogP contribution is 2.27. The predicted octanol–water partition coefficient (Wildman–Crippen LogP) is 2.87. The van der Waals surface area contributed by atoms with E-state index in [0.717, 1.165) is 0 Å². The molecule has 2 aromatic carbocycles. The number of rotatable bonds is 7. The topological polar surface area (TPSA) is 87.9 Å². The molecule has 0 atom stereocenters. The van der Waals surface area contributed by atoms with Gasteiger partial charge in [-0.25, -0.2) is 0 Å². The van der Waals surface area contributed by atoms with Gasteiger partial charge in [0.15, 0.2) is 23.9 Å². The molecule has 2 aromatic rings. The van der Waals surface area contributed by atoms with Crippen LogP contribution in [0.5, 0.6) is 17.2 Å². The summed E-state index contributed by atoms with van der Waals surface area (Å²) in [5.74, 6) is 1.11. The van der Waals surface area contributed by atoms with Gasteiger partial charge in [0.1, 0.15) is 5.75 Å². The lowest BCUT2D eigenvalue weighted by atomic mass is 10.1. The van der Waals surface area contributed by atoms with Gasteiger partial charge in [-0.15, -0.1) is 0 Å². The molecule has 120 valence electrons. The van der Waals surface area contributed by atoms with Crippen LogP contribution in [-0.2, 0) is 0 Å². The van der Waals surface area contributed by atoms with E-state index in [1.165, 1.54) is 38.5 Å². The van der Waals surface area contributed by atoms with Crippen molar-refractivity contribution in [3.05, 3.63) is 58.1 Å². The van der Waals surface area contributed by atoms with E-state index in [4.69, 9.17) is 14.2 Å². The van der Waals surface area contributed by atoms with E-state index in [9.17, 15) is 14.9 Å². The Morgan fingerprint density at radius 1 is 1.04 bits per heavy atom. The maximum Gasteiger partial charge on any atom is 0.269 e. The number of carbonyl (C=O) groups excluding carboxylic acids is 1. The van der Waals surface area contributed by atoms with Gasteiger partial charge in [0, 0.05) is 17.7 Å². The lowest BCUT2D eigenvalue weighted by Gasteiger charge is -2.09. The fourth-order valence-corrected chi connectivity index (χ4v) is 1.91. The number of nitrogens with zero attached hydrogens (tertiary/aromatic N) is 1. The van der Waals surface area contributed by atoms with E-state index in [-0.39, 0.29) is 18.1 Å². The average molecular weight is 317 g/mol. The maximum atomic E-state index is 12.1. The van der Waals surface area contributed by atoms with Crippen LogP contribution in [0.25, 0.3) is 0 Å². The number of ketones is 1. The summed E-state index contributed by atoms with van der Waals surface area (Å²) < 4.78 is 15.6. The number of hydrogen-bond donors (Lipinski definition) is 0. The molecule has 0 fully saturated rings. The van der Waals surface area contributed by atoms with E-state index in [0.29, 0.717) is 22.8 Å². The first-order chi connectivity index (χ1) is 11.0. The Labute approximate surface area is 132 Å². The highest BCUT2D eigenvalue weighted by molar-refractivity contribution is 5.97. The van der Waals surface area contributed by atoms with Gasteiger partial charge in [0.05, 0.1) is 19.1 Å². The maximum absolute atomic E-state index is 12.1. The van der Waals surface area contributed by atoms with Crippen molar-refractivity contribution in [2.75, 3.05) is 20.8 Å². The fourth-order valence-electron chi connectivity index (χ4n) is 1.91. The van der Waals surface area contributed by atoms with Crippen LogP contribution in [0.1, 0.15) is 10.4 Å². The number of nitro groups is 1. The highest BCUT2D eigenvalue weighted by Gasteiger charge is 2.12. The monoisotopic (exact) mass is 317 g/mol. The van der Waals surface area contributed by atoms with Crippen LogP contribution < -0.4 is 14.2 Å². The minimum absolute atomic E-state index is 0.0384. The van der Waals surface area contributed by atoms with Crippen LogP contribution >= 0.6 is 0 Å². The van der Waals surface area contributed by atoms with E-state index in [1.807, 2.05) is 0 Å². The van der Waals surface area contributed by atoms with Gasteiger partial charge in [-0.05, 0) is 30.3 Å². The molecule has 0 saturated carbocycles. The molecule has 0 aliphatic carbocycles. The summed E-state index contributed by atoms with van der Waals surface area (Å²) >= 11 is 0. The van der Waals surface area contributed by atoms with Gasteiger partial charge in [-0.2, -0.15) is 0 Å². The van der Waals surface area contributed by atoms with Crippen LogP contribution in [0, 0.1) is 10.1 Å². The molecule has 0 amide bonds. The zero-order valence-corrected chi connectivity index (χ0v) is 12.6. The van der Waals surface area contributed by atoms with Gasteiger partial charge in [-0.1, -0.05) is 0 Å². The number of methoxy groups -OCH3 is 2. The van der Waals surface area contributed by atoms with Gasteiger partial charge in [0.2, 0.25) is 0 Å². The zero-order valence-electron chi connectivity index (χ0n) is 12.6. The Kier molecular flexibility index (Phi) is 5.14. The number of Topliss-reactive ketones (excluding diaryl/α,β-unsaturated/α-hetero) is 1. The molecule has 0 spiro atoms. The summed E-state index contributed by atoms with van der Waals surface area (Å²) in [5.41, 5.74) is 0.383. The standard InChI is InChI=1S/C16H15NO6/c1-21-15-8-3-11(9-16(15)22-2)14(18)10-23-13-6-4-12(5-7-13)17(19)20/h3-9H,10H2,1-2H3. The summed E-state index contributed by atoms with van der Waals surface area (Å²) in [5, 5.41) is 10.6. The summed E-state index contributed by atoms with van der Waals surface area (Å²) in [6.07, 6.45) is 0. The molecule has 0 bridgehead atoms. The molecule has 2 rings (SSSR count). The third kappa shape index (κ3) is 3.97. The second-order valence-corrected chi connectivity index (χ2v) is 4.53. The molecular weight excluding hydrogens is 302 g/mol. The zero-order chi connectivity index (χ0) is 16.8. The minimum atomic E-state index is -0.501. The molecule has 0 aliphatic heterocycles. The molecular formula is C16H15NO6. The number of ether oxygens (including phenoxy) is 3. The summed E-state index contributed by atoms with van der Waals surface area (Å²) in [4.78, 5) is 22.2. The number of carbonyl (C=O) groups is 1. The third-order valence-corrected chi connectivity index (χ3v) is 3.12. The van der Waals surface area contributed by atoms with Gasteiger partial charge in [0.25, 0.3) is 5.69 Å². The molecule has 7 heteroatoms. The van der Waals surface area contributed by atoms with Crippen molar-refractivity contribution in [1.82, 2.24) is 0 Å². The first kappa shape index (κ1) is 16.3. The molecule has 0 saturated heterocycles. The Hall–Kier alpha value is -3.09. The van der Waals surface area contributed by atoms with Crippen LogP contribution in [0.15, 0.2) is 42.5 Å². The minimum Gasteiger partial charge on any atom is -0.493 e. The average Bonchev–Trinajstić information content (AvgIpc) is 2.59. The lowest BCUT2D eigenvalue weighted by Crippen LogP contribution is -2.11. The first-order valence-electron chi connectivity index (χ1n) is 6.67. The lowest BCUT2D eigenvalue weighted by molar-refractivity contribution is -0.384. The Bertz CT molecular complexity index is 711. The molecule has 0 aliphatic rings. The fraction of sp³-hybridized carbons (Fsp3) is 0.188. The molecule has 0 heterocycles. The third-order valence-electron chi connectivity index (χ3n) is 3.12.